The lowest BCUT2D eigenvalue weighted by molar-refractivity contribution is -0.179. The number of carbonyl (C=O) groups excluding carboxylic acids is 2. The van der Waals surface area contributed by atoms with Gasteiger partial charge in [0, 0.05) is 5.92 Å². The van der Waals surface area contributed by atoms with E-state index in [-0.39, 0.29) is 19.8 Å². The third-order valence-electron chi connectivity index (χ3n) is 5.18. The molecule has 0 radical (unpaired) electrons. The molecule has 0 aromatic heterocycles. The van der Waals surface area contributed by atoms with E-state index in [1.54, 1.807) is 13.8 Å². The Balaban J connectivity index is 2.09. The molecule has 148 valence electrons. The minimum absolute atomic E-state index is 0.180. The maximum Gasteiger partial charge on any atom is 0.326 e. The Morgan fingerprint density at radius 1 is 0.929 bits per heavy atom. The minimum Gasteiger partial charge on any atom is -0.465 e. The highest BCUT2D eigenvalue weighted by atomic mass is 16.6. The molecule has 5 heteroatoms. The van der Waals surface area contributed by atoms with Crippen molar-refractivity contribution in [2.75, 3.05) is 19.8 Å². The second kappa shape index (κ2) is 9.02. The van der Waals surface area contributed by atoms with Gasteiger partial charge in [0.15, 0.2) is 5.41 Å². The maximum atomic E-state index is 13.3. The van der Waals surface area contributed by atoms with Gasteiger partial charge in [-0.15, -0.1) is 0 Å². The molecule has 1 fully saturated rings. The van der Waals surface area contributed by atoms with Gasteiger partial charge in [0.1, 0.15) is 6.10 Å². The molecule has 1 aliphatic rings. The summed E-state index contributed by atoms with van der Waals surface area (Å²) in [5, 5.41) is 0. The number of rotatable bonds is 7. The molecule has 0 bridgehead atoms. The van der Waals surface area contributed by atoms with Gasteiger partial charge in [-0.3, -0.25) is 9.59 Å². The van der Waals surface area contributed by atoms with Gasteiger partial charge in [-0.1, -0.05) is 60.7 Å². The fraction of sp³-hybridized carbons (Fsp3) is 0.391. The Morgan fingerprint density at radius 2 is 1.46 bits per heavy atom. The molecule has 2 aromatic rings. The Bertz CT molecular complexity index is 769. The maximum absolute atomic E-state index is 13.3. The van der Waals surface area contributed by atoms with E-state index in [0.29, 0.717) is 6.42 Å². The quantitative estimate of drug-likeness (QED) is 0.539. The monoisotopic (exact) mass is 382 g/mol. The summed E-state index contributed by atoms with van der Waals surface area (Å²) in [6, 6.07) is 19.1. The van der Waals surface area contributed by atoms with Gasteiger partial charge in [-0.25, -0.2) is 0 Å². The molecular weight excluding hydrogens is 356 g/mol. The van der Waals surface area contributed by atoms with Crippen molar-refractivity contribution in [3.63, 3.8) is 0 Å². The van der Waals surface area contributed by atoms with Crippen LogP contribution in [0.15, 0.2) is 60.7 Å². The lowest BCUT2D eigenvalue weighted by Gasteiger charge is -2.34. The molecule has 0 N–H and O–H groups in total. The first-order valence-electron chi connectivity index (χ1n) is 9.69. The van der Waals surface area contributed by atoms with E-state index in [0.717, 1.165) is 11.1 Å². The van der Waals surface area contributed by atoms with Crippen molar-refractivity contribution < 1.29 is 23.8 Å². The fourth-order valence-corrected chi connectivity index (χ4v) is 3.93. The Kier molecular flexibility index (Phi) is 6.47. The second-order valence-electron chi connectivity index (χ2n) is 6.82. The summed E-state index contributed by atoms with van der Waals surface area (Å²) in [5.41, 5.74) is 0.255. The van der Waals surface area contributed by atoms with Crippen LogP contribution in [-0.2, 0) is 30.2 Å². The normalized spacial score (nSPS) is 20.5. The lowest BCUT2D eigenvalue weighted by atomic mass is 9.69. The SMILES string of the molecule is CCOC(=O)C1(C(=O)OCC)C(Cc2ccccc2)COC1c1ccccc1. The Hall–Kier alpha value is -2.66. The molecule has 2 atom stereocenters. The lowest BCUT2D eigenvalue weighted by Crippen LogP contribution is -2.49. The van der Waals surface area contributed by atoms with E-state index in [4.69, 9.17) is 14.2 Å². The van der Waals surface area contributed by atoms with Gasteiger partial charge in [-0.2, -0.15) is 0 Å². The van der Waals surface area contributed by atoms with Gasteiger partial charge in [0.2, 0.25) is 0 Å². The number of ether oxygens (including phenoxy) is 3. The molecule has 0 saturated carbocycles. The smallest absolute Gasteiger partial charge is 0.326 e. The molecule has 3 rings (SSSR count). The van der Waals surface area contributed by atoms with Crippen molar-refractivity contribution >= 4 is 11.9 Å². The van der Waals surface area contributed by atoms with E-state index in [1.807, 2.05) is 60.7 Å². The van der Waals surface area contributed by atoms with Crippen molar-refractivity contribution in [3.05, 3.63) is 71.8 Å². The largest absolute Gasteiger partial charge is 0.465 e. The van der Waals surface area contributed by atoms with Crippen molar-refractivity contribution in [2.45, 2.75) is 26.4 Å². The molecule has 0 aliphatic carbocycles. The predicted octanol–water partition coefficient (Wildman–Crippen LogP) is 3.73. The van der Waals surface area contributed by atoms with Crippen molar-refractivity contribution in [3.8, 4) is 0 Å². The summed E-state index contributed by atoms with van der Waals surface area (Å²) in [7, 11) is 0. The first-order chi connectivity index (χ1) is 13.6. The van der Waals surface area contributed by atoms with E-state index < -0.39 is 29.4 Å². The molecular formula is C23H26O5. The first-order valence-corrected chi connectivity index (χ1v) is 9.69. The molecule has 0 spiro atoms. The highest BCUT2D eigenvalue weighted by molar-refractivity contribution is 6.02. The molecule has 0 amide bonds. The van der Waals surface area contributed by atoms with Crippen LogP contribution in [0.5, 0.6) is 0 Å². The van der Waals surface area contributed by atoms with Crippen LogP contribution in [0.4, 0.5) is 0 Å². The van der Waals surface area contributed by atoms with Gasteiger partial charge in [-0.05, 0) is 31.4 Å². The summed E-state index contributed by atoms with van der Waals surface area (Å²) < 4.78 is 16.9. The van der Waals surface area contributed by atoms with Crippen molar-refractivity contribution in [1.29, 1.82) is 0 Å². The van der Waals surface area contributed by atoms with Crippen LogP contribution in [-0.4, -0.2) is 31.8 Å². The summed E-state index contributed by atoms with van der Waals surface area (Å²) in [6.07, 6.45) is -0.234. The highest BCUT2D eigenvalue weighted by Gasteiger charge is 2.64. The third kappa shape index (κ3) is 3.67. The van der Waals surface area contributed by atoms with Gasteiger partial charge in [0.05, 0.1) is 19.8 Å². The zero-order valence-electron chi connectivity index (χ0n) is 16.3. The fourth-order valence-electron chi connectivity index (χ4n) is 3.93. The predicted molar refractivity (Wildman–Crippen MR) is 104 cm³/mol. The van der Waals surface area contributed by atoms with Crippen LogP contribution in [0.2, 0.25) is 0 Å². The zero-order valence-corrected chi connectivity index (χ0v) is 16.3. The summed E-state index contributed by atoms with van der Waals surface area (Å²) in [6.45, 7) is 4.10. The molecule has 1 saturated heterocycles. The Morgan fingerprint density at radius 3 is 2.00 bits per heavy atom. The van der Waals surface area contributed by atoms with Gasteiger partial charge >= 0.3 is 11.9 Å². The Labute approximate surface area is 165 Å². The van der Waals surface area contributed by atoms with E-state index in [2.05, 4.69) is 0 Å². The van der Waals surface area contributed by atoms with Crippen LogP contribution < -0.4 is 0 Å². The average molecular weight is 382 g/mol. The van der Waals surface area contributed by atoms with Crippen molar-refractivity contribution in [2.24, 2.45) is 11.3 Å². The van der Waals surface area contributed by atoms with E-state index in [1.165, 1.54) is 0 Å². The van der Waals surface area contributed by atoms with Gasteiger partial charge < -0.3 is 14.2 Å². The number of hydrogen-bond donors (Lipinski definition) is 0. The first kappa shape index (κ1) is 20.1. The number of hydrogen-bond acceptors (Lipinski definition) is 5. The molecule has 2 aromatic carbocycles. The summed E-state index contributed by atoms with van der Waals surface area (Å²) in [4.78, 5) is 26.5. The third-order valence-corrected chi connectivity index (χ3v) is 5.18. The van der Waals surface area contributed by atoms with E-state index >= 15 is 0 Å². The van der Waals surface area contributed by atoms with E-state index in [9.17, 15) is 9.59 Å². The summed E-state index contributed by atoms with van der Waals surface area (Å²) in [5.74, 6) is -1.56. The average Bonchev–Trinajstić information content (AvgIpc) is 3.10. The topological polar surface area (TPSA) is 61.8 Å². The minimum atomic E-state index is -1.54. The van der Waals surface area contributed by atoms with Crippen LogP contribution in [0, 0.1) is 11.3 Å². The zero-order chi connectivity index (χ0) is 20.0. The molecule has 2 unspecified atom stereocenters. The second-order valence-corrected chi connectivity index (χ2v) is 6.82. The number of esters is 2. The molecule has 1 aliphatic heterocycles. The van der Waals surface area contributed by atoms with Crippen LogP contribution in [0.1, 0.15) is 31.1 Å². The van der Waals surface area contributed by atoms with Gasteiger partial charge in [0.25, 0.3) is 0 Å². The number of benzene rings is 2. The van der Waals surface area contributed by atoms with Crippen LogP contribution in [0.25, 0.3) is 0 Å². The van der Waals surface area contributed by atoms with Crippen LogP contribution in [0.3, 0.4) is 0 Å². The standard InChI is InChI=1S/C23H26O5/c1-3-26-21(24)23(22(25)27-4-2)19(15-17-11-7-5-8-12-17)16-28-20(23)18-13-9-6-10-14-18/h5-14,19-20H,3-4,15-16H2,1-2H3. The molecule has 28 heavy (non-hydrogen) atoms. The highest BCUT2D eigenvalue weighted by Crippen LogP contribution is 2.52. The number of carbonyl (C=O) groups is 2. The summed E-state index contributed by atoms with van der Waals surface area (Å²) >= 11 is 0. The molecule has 5 nitrogen and oxygen atoms in total. The van der Waals surface area contributed by atoms with Crippen molar-refractivity contribution in [1.82, 2.24) is 0 Å². The van der Waals surface area contributed by atoms with Crippen LogP contribution >= 0.6 is 0 Å². The molecule has 1 heterocycles.